The van der Waals surface area contributed by atoms with Crippen molar-refractivity contribution in [2.24, 2.45) is 10.4 Å². The van der Waals surface area contributed by atoms with E-state index in [4.69, 9.17) is 4.74 Å². The smallest absolute Gasteiger partial charge is 0.0729 e. The summed E-state index contributed by atoms with van der Waals surface area (Å²) in [6.45, 7) is 13.0. The average Bonchev–Trinajstić information content (AvgIpc) is 2.82. The Bertz CT molecular complexity index is 579. The Kier molecular flexibility index (Phi) is 3.98. The molecule has 2 aliphatic rings. The van der Waals surface area contributed by atoms with Gasteiger partial charge in [-0.15, -0.1) is 0 Å². The van der Waals surface area contributed by atoms with Crippen molar-refractivity contribution >= 4 is 18.5 Å². The van der Waals surface area contributed by atoms with E-state index in [-0.39, 0.29) is 5.60 Å². The maximum atomic E-state index is 6.01. The van der Waals surface area contributed by atoms with Gasteiger partial charge in [-0.25, -0.2) is 0 Å². The first-order valence-corrected chi connectivity index (χ1v) is 8.35. The zero-order chi connectivity index (χ0) is 15.8. The minimum absolute atomic E-state index is 0.0590. The van der Waals surface area contributed by atoms with Gasteiger partial charge in [-0.1, -0.05) is 30.9 Å². The first-order valence-electron chi connectivity index (χ1n) is 8.35. The van der Waals surface area contributed by atoms with Crippen molar-refractivity contribution in [2.45, 2.75) is 57.5 Å². The van der Waals surface area contributed by atoms with Gasteiger partial charge >= 0.3 is 0 Å². The quantitative estimate of drug-likeness (QED) is 0.675. The third-order valence-electron chi connectivity index (χ3n) is 5.53. The second-order valence-electron chi connectivity index (χ2n) is 7.65. The van der Waals surface area contributed by atoms with Crippen molar-refractivity contribution in [2.75, 3.05) is 6.61 Å². The van der Waals surface area contributed by atoms with Gasteiger partial charge in [0.15, 0.2) is 0 Å². The molecule has 1 aliphatic carbocycles. The van der Waals surface area contributed by atoms with Crippen LogP contribution >= 0.6 is 0 Å². The van der Waals surface area contributed by atoms with Crippen molar-refractivity contribution < 1.29 is 4.74 Å². The number of benzene rings is 1. The topological polar surface area (TPSA) is 21.6 Å². The first kappa shape index (κ1) is 15.5. The molecule has 118 valence electrons. The number of nitrogens with zero attached hydrogens (tertiary/aromatic N) is 1. The Labute approximate surface area is 134 Å². The van der Waals surface area contributed by atoms with E-state index in [0.29, 0.717) is 11.3 Å². The van der Waals surface area contributed by atoms with Crippen molar-refractivity contribution in [3.05, 3.63) is 35.9 Å². The molecule has 1 aromatic rings. The molecule has 3 rings (SSSR count). The molecular formula is C20H27NO. The largest absolute Gasteiger partial charge is 0.375 e. The minimum Gasteiger partial charge on any atom is -0.375 e. The van der Waals surface area contributed by atoms with Gasteiger partial charge in [0.25, 0.3) is 0 Å². The minimum atomic E-state index is 0.0590. The second kappa shape index (κ2) is 5.66. The fourth-order valence-electron chi connectivity index (χ4n) is 4.47. The molecule has 1 aliphatic heterocycles. The van der Waals surface area contributed by atoms with Gasteiger partial charge in [0.05, 0.1) is 17.9 Å². The highest BCUT2D eigenvalue weighted by molar-refractivity contribution is 5.69. The summed E-state index contributed by atoms with van der Waals surface area (Å²) in [6, 6.07) is 6.40. The fraction of sp³-hybridized carbons (Fsp3) is 0.550. The number of aliphatic imine (C=N–C) groups is 1. The highest BCUT2D eigenvalue weighted by Crippen LogP contribution is 2.52. The van der Waals surface area contributed by atoms with Crippen LogP contribution in [0.4, 0.5) is 5.69 Å². The maximum Gasteiger partial charge on any atom is 0.0729 e. The summed E-state index contributed by atoms with van der Waals surface area (Å²) in [6.07, 6.45) is 8.05. The standard InChI is InChI=1S/C20H27NO/c1-5-15-7-6-8-17(18(15)21-4)16-9-11-20(12-10-16)13-19(2,3)22-14-20/h5-8,16H,1,4,9-14H2,2-3H3. The van der Waals surface area contributed by atoms with Crippen molar-refractivity contribution in [3.63, 3.8) is 0 Å². The molecule has 0 unspecified atom stereocenters. The monoisotopic (exact) mass is 297 g/mol. The third-order valence-corrected chi connectivity index (χ3v) is 5.53. The summed E-state index contributed by atoms with van der Waals surface area (Å²) in [5.41, 5.74) is 3.95. The zero-order valence-corrected chi connectivity index (χ0v) is 13.9. The second-order valence-corrected chi connectivity index (χ2v) is 7.65. The summed E-state index contributed by atoms with van der Waals surface area (Å²) < 4.78 is 6.01. The van der Waals surface area contributed by atoms with E-state index in [0.717, 1.165) is 17.9 Å². The maximum absolute atomic E-state index is 6.01. The van der Waals surface area contributed by atoms with Crippen LogP contribution in [-0.2, 0) is 4.74 Å². The summed E-state index contributed by atoms with van der Waals surface area (Å²) >= 11 is 0. The van der Waals surface area contributed by atoms with Gasteiger partial charge < -0.3 is 4.74 Å². The SMILES string of the molecule is C=Cc1cccc(C2CCC3(CC2)COC(C)(C)C3)c1N=C. The van der Waals surface area contributed by atoms with Crippen LogP contribution in [0.2, 0.25) is 0 Å². The Morgan fingerprint density at radius 1 is 1.27 bits per heavy atom. The normalized spacial score (nSPS) is 30.4. The van der Waals surface area contributed by atoms with Gasteiger partial charge in [-0.2, -0.15) is 0 Å². The number of rotatable bonds is 3. The molecule has 22 heavy (non-hydrogen) atoms. The fourth-order valence-corrected chi connectivity index (χ4v) is 4.47. The molecule has 0 atom stereocenters. The van der Waals surface area contributed by atoms with Crippen LogP contribution in [0, 0.1) is 5.41 Å². The Balaban J connectivity index is 1.78. The Morgan fingerprint density at radius 3 is 2.55 bits per heavy atom. The number of hydrogen-bond acceptors (Lipinski definition) is 2. The molecule has 1 heterocycles. The summed E-state index contributed by atoms with van der Waals surface area (Å²) in [5, 5.41) is 0. The van der Waals surface area contributed by atoms with E-state index in [1.165, 1.54) is 37.7 Å². The molecule has 0 bridgehead atoms. The molecule has 0 amide bonds. The van der Waals surface area contributed by atoms with Gasteiger partial charge in [-0.3, -0.25) is 4.99 Å². The Hall–Kier alpha value is -1.41. The number of hydrogen-bond donors (Lipinski definition) is 0. The lowest BCUT2D eigenvalue weighted by molar-refractivity contribution is 0.0281. The van der Waals surface area contributed by atoms with E-state index in [2.05, 4.69) is 50.3 Å². The molecule has 0 radical (unpaired) electrons. The summed E-state index contributed by atoms with van der Waals surface area (Å²) in [7, 11) is 0. The van der Waals surface area contributed by atoms with E-state index < -0.39 is 0 Å². The molecule has 1 saturated carbocycles. The van der Waals surface area contributed by atoms with Crippen LogP contribution < -0.4 is 0 Å². The lowest BCUT2D eigenvalue weighted by Gasteiger charge is -2.37. The predicted octanol–water partition coefficient (Wildman–Crippen LogP) is 5.50. The van der Waals surface area contributed by atoms with Crippen LogP contribution in [0.3, 0.4) is 0 Å². The van der Waals surface area contributed by atoms with Gasteiger partial charge in [-0.05, 0) is 75.1 Å². The molecular weight excluding hydrogens is 270 g/mol. The summed E-state index contributed by atoms with van der Waals surface area (Å²) in [4.78, 5) is 4.28. The van der Waals surface area contributed by atoms with Crippen LogP contribution in [-0.4, -0.2) is 18.9 Å². The first-order chi connectivity index (χ1) is 10.5. The number of para-hydroxylation sites is 1. The predicted molar refractivity (Wildman–Crippen MR) is 94.0 cm³/mol. The molecule has 2 fully saturated rings. The molecule has 1 saturated heterocycles. The van der Waals surface area contributed by atoms with Crippen LogP contribution in [0.15, 0.2) is 29.8 Å². The van der Waals surface area contributed by atoms with Crippen molar-refractivity contribution in [3.8, 4) is 0 Å². The van der Waals surface area contributed by atoms with Gasteiger partial charge in [0.1, 0.15) is 0 Å². The van der Waals surface area contributed by atoms with Crippen LogP contribution in [0.1, 0.15) is 63.0 Å². The number of ether oxygens (including phenoxy) is 1. The van der Waals surface area contributed by atoms with E-state index >= 15 is 0 Å². The molecule has 1 aromatic carbocycles. The lowest BCUT2D eigenvalue weighted by atomic mass is 9.66. The van der Waals surface area contributed by atoms with E-state index in [1.807, 2.05) is 6.08 Å². The van der Waals surface area contributed by atoms with Crippen molar-refractivity contribution in [1.82, 2.24) is 0 Å². The zero-order valence-electron chi connectivity index (χ0n) is 13.9. The van der Waals surface area contributed by atoms with E-state index in [1.54, 1.807) is 0 Å². The molecule has 1 spiro atoms. The summed E-state index contributed by atoms with van der Waals surface area (Å²) in [5.74, 6) is 0.592. The molecule has 0 N–H and O–H groups in total. The van der Waals surface area contributed by atoms with Crippen molar-refractivity contribution in [1.29, 1.82) is 0 Å². The van der Waals surface area contributed by atoms with Gasteiger partial charge in [0.2, 0.25) is 0 Å². The van der Waals surface area contributed by atoms with E-state index in [9.17, 15) is 0 Å². The highest BCUT2D eigenvalue weighted by atomic mass is 16.5. The highest BCUT2D eigenvalue weighted by Gasteiger charge is 2.46. The van der Waals surface area contributed by atoms with Crippen LogP contribution in [0.5, 0.6) is 0 Å². The van der Waals surface area contributed by atoms with Crippen LogP contribution in [0.25, 0.3) is 6.08 Å². The lowest BCUT2D eigenvalue weighted by Crippen LogP contribution is -2.28. The molecule has 2 heteroatoms. The average molecular weight is 297 g/mol. The van der Waals surface area contributed by atoms with Gasteiger partial charge in [0, 0.05) is 0 Å². The third kappa shape index (κ3) is 2.77. The molecule has 0 aromatic heterocycles. The Morgan fingerprint density at radius 2 is 2.00 bits per heavy atom. The molecule has 2 nitrogen and oxygen atoms in total.